The van der Waals surface area contributed by atoms with Crippen molar-refractivity contribution in [3.8, 4) is 0 Å². The number of carbonyl (C=O) groups excluding carboxylic acids is 1. The quantitative estimate of drug-likeness (QED) is 0.654. The van der Waals surface area contributed by atoms with E-state index >= 15 is 0 Å². The van der Waals surface area contributed by atoms with Crippen LogP contribution in [0.3, 0.4) is 0 Å². The molecule has 2 aromatic heterocycles. The molecule has 1 aromatic carbocycles. The molecule has 1 amide bonds. The lowest BCUT2D eigenvalue weighted by Crippen LogP contribution is -2.27. The van der Waals surface area contributed by atoms with Gasteiger partial charge in [0.25, 0.3) is 5.91 Å². The van der Waals surface area contributed by atoms with Crippen LogP contribution < -0.4 is 11.1 Å². The predicted octanol–water partition coefficient (Wildman–Crippen LogP) is 3.18. The molecule has 1 fully saturated rings. The monoisotopic (exact) mass is 356 g/mol. The first kappa shape index (κ1) is 16.8. The highest BCUT2D eigenvalue weighted by atomic mass is 19.1. The topological polar surface area (TPSA) is 93.0 Å². The summed E-state index contributed by atoms with van der Waals surface area (Å²) in [5, 5.41) is 4.87. The number of methoxy groups -OCH3 is 1. The van der Waals surface area contributed by atoms with Crippen LogP contribution in [-0.4, -0.2) is 35.6 Å². The highest BCUT2D eigenvalue weighted by Crippen LogP contribution is 2.35. The van der Waals surface area contributed by atoms with Gasteiger partial charge in [0, 0.05) is 36.2 Å². The first-order chi connectivity index (χ1) is 12.6. The molecule has 1 aliphatic carbocycles. The van der Waals surface area contributed by atoms with Crippen LogP contribution in [0.25, 0.3) is 21.8 Å². The average Bonchev–Trinajstić information content (AvgIpc) is 3.19. The van der Waals surface area contributed by atoms with Crippen molar-refractivity contribution in [2.75, 3.05) is 19.0 Å². The van der Waals surface area contributed by atoms with Gasteiger partial charge in [-0.15, -0.1) is 0 Å². The van der Waals surface area contributed by atoms with Crippen LogP contribution in [0, 0.1) is 11.7 Å². The van der Waals surface area contributed by atoms with Crippen molar-refractivity contribution in [1.82, 2.24) is 9.97 Å². The number of pyridine rings is 1. The molecule has 0 spiro atoms. The van der Waals surface area contributed by atoms with Gasteiger partial charge in [0.15, 0.2) is 0 Å². The molecule has 4 N–H and O–H groups in total. The van der Waals surface area contributed by atoms with E-state index in [2.05, 4.69) is 15.3 Å². The average molecular weight is 356 g/mol. The second-order valence-corrected chi connectivity index (χ2v) is 6.85. The largest absolute Gasteiger partial charge is 0.384 e. The maximum absolute atomic E-state index is 13.8. The molecular weight excluding hydrogens is 335 g/mol. The molecule has 2 heterocycles. The Morgan fingerprint density at radius 2 is 2.31 bits per heavy atom. The van der Waals surface area contributed by atoms with Crippen LogP contribution in [0.2, 0.25) is 0 Å². The number of nitrogens with zero attached hydrogens (tertiary/aromatic N) is 1. The fourth-order valence-electron chi connectivity index (χ4n) is 3.98. The lowest BCUT2D eigenvalue weighted by atomic mass is 10.0. The number of aromatic amines is 1. The number of ether oxygens (including phenoxy) is 1. The Kier molecular flexibility index (Phi) is 4.24. The van der Waals surface area contributed by atoms with Gasteiger partial charge in [-0.3, -0.25) is 4.79 Å². The smallest absolute Gasteiger partial charge is 0.252 e. The molecule has 0 bridgehead atoms. The summed E-state index contributed by atoms with van der Waals surface area (Å²) >= 11 is 0. The molecule has 3 aromatic rings. The third kappa shape index (κ3) is 2.78. The van der Waals surface area contributed by atoms with Gasteiger partial charge in [-0.25, -0.2) is 9.37 Å². The SMILES string of the molecule is COC[C@@H]1CCC[C@@H]1Nc1ncc(C(N)=O)c2[nH]c3ccc(F)cc3c12. The van der Waals surface area contributed by atoms with Gasteiger partial charge < -0.3 is 20.8 Å². The van der Waals surface area contributed by atoms with E-state index in [-0.39, 0.29) is 11.9 Å². The second-order valence-electron chi connectivity index (χ2n) is 6.85. The lowest BCUT2D eigenvalue weighted by molar-refractivity contribution is 0.100. The van der Waals surface area contributed by atoms with Gasteiger partial charge in [0.05, 0.1) is 23.1 Å². The number of rotatable bonds is 5. The Morgan fingerprint density at radius 1 is 1.46 bits per heavy atom. The maximum Gasteiger partial charge on any atom is 0.252 e. The molecular formula is C19H21FN4O2. The summed E-state index contributed by atoms with van der Waals surface area (Å²) in [5.74, 6) is 0.121. The van der Waals surface area contributed by atoms with Crippen molar-refractivity contribution in [3.63, 3.8) is 0 Å². The summed E-state index contributed by atoms with van der Waals surface area (Å²) < 4.78 is 19.2. The number of H-pyrrole nitrogens is 1. The van der Waals surface area contributed by atoms with Crippen LogP contribution in [0.1, 0.15) is 29.6 Å². The third-order valence-corrected chi connectivity index (χ3v) is 5.22. The normalized spacial score (nSPS) is 20.1. The summed E-state index contributed by atoms with van der Waals surface area (Å²) in [7, 11) is 1.70. The van der Waals surface area contributed by atoms with Crippen LogP contribution in [0.5, 0.6) is 0 Å². The Labute approximate surface area is 149 Å². The van der Waals surface area contributed by atoms with Crippen LogP contribution in [-0.2, 0) is 4.74 Å². The van der Waals surface area contributed by atoms with E-state index in [1.807, 2.05) is 0 Å². The number of amides is 1. The Bertz CT molecular complexity index is 984. The minimum Gasteiger partial charge on any atom is -0.384 e. The number of aromatic nitrogens is 2. The van der Waals surface area contributed by atoms with E-state index in [0.29, 0.717) is 40.2 Å². The Balaban J connectivity index is 1.86. The number of fused-ring (bicyclic) bond motifs is 3. The van der Waals surface area contributed by atoms with E-state index in [0.717, 1.165) is 24.8 Å². The summed E-state index contributed by atoms with van der Waals surface area (Å²) in [4.78, 5) is 19.4. The highest BCUT2D eigenvalue weighted by Gasteiger charge is 2.28. The lowest BCUT2D eigenvalue weighted by Gasteiger charge is -2.21. The number of hydrogen-bond acceptors (Lipinski definition) is 4. The number of nitrogens with one attached hydrogen (secondary N) is 2. The maximum atomic E-state index is 13.8. The molecule has 0 unspecified atom stereocenters. The van der Waals surface area contributed by atoms with Gasteiger partial charge in [-0.05, 0) is 31.0 Å². The molecule has 6 nitrogen and oxygen atoms in total. The van der Waals surface area contributed by atoms with Gasteiger partial charge in [0.1, 0.15) is 11.6 Å². The molecule has 1 aliphatic rings. The van der Waals surface area contributed by atoms with Crippen molar-refractivity contribution in [2.24, 2.45) is 11.7 Å². The van der Waals surface area contributed by atoms with E-state index in [4.69, 9.17) is 10.5 Å². The number of nitrogens with two attached hydrogens (primary N) is 1. The van der Waals surface area contributed by atoms with Crippen LogP contribution >= 0.6 is 0 Å². The number of benzene rings is 1. The molecule has 0 radical (unpaired) electrons. The number of primary amides is 1. The number of hydrogen-bond donors (Lipinski definition) is 3. The number of carbonyl (C=O) groups is 1. The van der Waals surface area contributed by atoms with E-state index in [1.165, 1.54) is 18.3 Å². The zero-order chi connectivity index (χ0) is 18.3. The number of halogens is 1. The minimum atomic E-state index is -0.570. The van der Waals surface area contributed by atoms with Crippen LogP contribution in [0.15, 0.2) is 24.4 Å². The molecule has 4 rings (SSSR count). The van der Waals surface area contributed by atoms with Crippen molar-refractivity contribution < 1.29 is 13.9 Å². The molecule has 0 saturated heterocycles. The van der Waals surface area contributed by atoms with Crippen molar-refractivity contribution in [1.29, 1.82) is 0 Å². The number of anilines is 1. The summed E-state index contributed by atoms with van der Waals surface area (Å²) in [6.07, 6.45) is 4.71. The van der Waals surface area contributed by atoms with Gasteiger partial charge in [-0.2, -0.15) is 0 Å². The third-order valence-electron chi connectivity index (χ3n) is 5.22. The van der Waals surface area contributed by atoms with Crippen LogP contribution in [0.4, 0.5) is 10.2 Å². The van der Waals surface area contributed by atoms with Gasteiger partial charge >= 0.3 is 0 Å². The van der Waals surface area contributed by atoms with E-state index < -0.39 is 5.91 Å². The zero-order valence-electron chi connectivity index (χ0n) is 14.5. The second kappa shape index (κ2) is 6.57. The van der Waals surface area contributed by atoms with Gasteiger partial charge in [0.2, 0.25) is 0 Å². The first-order valence-corrected chi connectivity index (χ1v) is 8.73. The van der Waals surface area contributed by atoms with Crippen molar-refractivity contribution in [2.45, 2.75) is 25.3 Å². The molecule has 7 heteroatoms. The Hall–Kier alpha value is -2.67. The highest BCUT2D eigenvalue weighted by molar-refractivity contribution is 6.18. The summed E-state index contributed by atoms with van der Waals surface area (Å²) in [6, 6.07) is 4.72. The first-order valence-electron chi connectivity index (χ1n) is 8.73. The van der Waals surface area contributed by atoms with Gasteiger partial charge in [-0.1, -0.05) is 6.42 Å². The Morgan fingerprint density at radius 3 is 3.08 bits per heavy atom. The van der Waals surface area contributed by atoms with Crippen molar-refractivity contribution in [3.05, 3.63) is 35.8 Å². The summed E-state index contributed by atoms with van der Waals surface area (Å²) in [6.45, 7) is 0.683. The van der Waals surface area contributed by atoms with E-state index in [9.17, 15) is 9.18 Å². The fraction of sp³-hybridized carbons (Fsp3) is 0.368. The molecule has 136 valence electrons. The summed E-state index contributed by atoms with van der Waals surface area (Å²) in [5.41, 5.74) is 7.11. The molecule has 2 atom stereocenters. The zero-order valence-corrected chi connectivity index (χ0v) is 14.5. The predicted molar refractivity (Wildman–Crippen MR) is 98.7 cm³/mol. The fourth-order valence-corrected chi connectivity index (χ4v) is 3.98. The molecule has 0 aliphatic heterocycles. The molecule has 26 heavy (non-hydrogen) atoms. The standard InChI is InChI=1S/C19H21FN4O2/c1-26-9-10-3-2-4-14(10)24-19-16-12-7-11(20)5-6-15(12)23-17(16)13(8-22-19)18(21)25/h5-8,10,14,23H,2-4,9H2,1H3,(H2,21,25)(H,22,24)/t10-,14-/m0/s1. The minimum absolute atomic E-state index is 0.226. The van der Waals surface area contributed by atoms with E-state index in [1.54, 1.807) is 13.2 Å². The molecule has 1 saturated carbocycles. The van der Waals surface area contributed by atoms with Crippen molar-refractivity contribution >= 4 is 33.5 Å².